The van der Waals surface area contributed by atoms with Crippen LogP contribution in [0.4, 0.5) is 0 Å². The summed E-state index contributed by atoms with van der Waals surface area (Å²) in [5.74, 6) is -0.0349. The molecule has 16 heavy (non-hydrogen) atoms. The second-order valence-corrected chi connectivity index (χ2v) is 4.08. The number of oxime groups is 1. The van der Waals surface area contributed by atoms with Gasteiger partial charge in [-0.3, -0.25) is 4.79 Å². The van der Waals surface area contributed by atoms with Crippen molar-refractivity contribution < 1.29 is 10.0 Å². The number of rotatable bonds is 1. The van der Waals surface area contributed by atoms with Gasteiger partial charge < -0.3 is 10.5 Å². The van der Waals surface area contributed by atoms with Gasteiger partial charge in [-0.15, -0.1) is 0 Å². The first-order chi connectivity index (χ1) is 7.70. The van der Waals surface area contributed by atoms with E-state index in [1.165, 1.54) is 0 Å². The number of hydrogen-bond acceptors (Lipinski definition) is 3. The van der Waals surface area contributed by atoms with E-state index < -0.39 is 0 Å². The van der Waals surface area contributed by atoms with Crippen LogP contribution in [0.5, 0.6) is 0 Å². The number of halogens is 1. The Morgan fingerprint density at radius 2 is 2.00 bits per heavy atom. The molecule has 0 aliphatic carbocycles. The Bertz CT molecular complexity index is 428. The topological polar surface area (TPSA) is 61.7 Å². The Hall–Kier alpha value is -1.55. The monoisotopic (exact) mass is 238 g/mol. The molecule has 0 aromatic heterocycles. The molecule has 1 heterocycles. The molecule has 1 aromatic carbocycles. The minimum atomic E-state index is -0.344. The lowest BCUT2D eigenvalue weighted by molar-refractivity contribution is -0.121. The molecule has 0 saturated carbocycles. The van der Waals surface area contributed by atoms with Gasteiger partial charge in [-0.2, -0.15) is 0 Å². The van der Waals surface area contributed by atoms with Crippen LogP contribution in [0.1, 0.15) is 24.4 Å². The largest absolute Gasteiger partial charge is 0.411 e. The highest BCUT2D eigenvalue weighted by Crippen LogP contribution is 2.22. The van der Waals surface area contributed by atoms with Gasteiger partial charge in [-0.25, -0.2) is 0 Å². The first kappa shape index (κ1) is 11.0. The molecule has 1 atom stereocenters. The Morgan fingerprint density at radius 1 is 1.31 bits per heavy atom. The van der Waals surface area contributed by atoms with Crippen LogP contribution in [0.25, 0.3) is 0 Å². The van der Waals surface area contributed by atoms with E-state index in [0.29, 0.717) is 23.6 Å². The van der Waals surface area contributed by atoms with Gasteiger partial charge in [0.15, 0.2) is 0 Å². The van der Waals surface area contributed by atoms with E-state index in [-0.39, 0.29) is 11.9 Å². The number of amides is 1. The van der Waals surface area contributed by atoms with E-state index in [0.717, 1.165) is 5.56 Å². The van der Waals surface area contributed by atoms with E-state index >= 15 is 0 Å². The Balaban J connectivity index is 2.29. The molecule has 1 aliphatic rings. The van der Waals surface area contributed by atoms with E-state index in [9.17, 15) is 4.79 Å². The van der Waals surface area contributed by atoms with Crippen molar-refractivity contribution in [3.63, 3.8) is 0 Å². The van der Waals surface area contributed by atoms with Gasteiger partial charge >= 0.3 is 0 Å². The summed E-state index contributed by atoms with van der Waals surface area (Å²) in [6.07, 6.45) is 0.846. The molecule has 0 spiro atoms. The molecule has 0 radical (unpaired) electrons. The molecule has 2 N–H and O–H groups in total. The lowest BCUT2D eigenvalue weighted by Crippen LogP contribution is -2.38. The number of carbonyl (C=O) groups excluding carboxylic acids is 1. The van der Waals surface area contributed by atoms with Gasteiger partial charge in [0, 0.05) is 17.9 Å². The summed E-state index contributed by atoms with van der Waals surface area (Å²) in [4.78, 5) is 11.3. The number of piperidine rings is 1. The van der Waals surface area contributed by atoms with Crippen LogP contribution in [0.15, 0.2) is 29.4 Å². The molecule has 2 rings (SSSR count). The van der Waals surface area contributed by atoms with Crippen molar-refractivity contribution in [3.8, 4) is 0 Å². The van der Waals surface area contributed by atoms with Gasteiger partial charge in [0.1, 0.15) is 0 Å². The number of hydrogen-bond donors (Lipinski definition) is 2. The highest BCUT2D eigenvalue weighted by atomic mass is 35.5. The van der Waals surface area contributed by atoms with Gasteiger partial charge in [-0.1, -0.05) is 28.9 Å². The fraction of sp³-hybridized carbons (Fsp3) is 0.273. The molecule has 1 aliphatic heterocycles. The quantitative estimate of drug-likeness (QED) is 0.582. The first-order valence-corrected chi connectivity index (χ1v) is 5.34. The minimum Gasteiger partial charge on any atom is -0.411 e. The van der Waals surface area contributed by atoms with Gasteiger partial charge in [0.05, 0.1) is 11.8 Å². The molecule has 1 unspecified atom stereocenters. The third kappa shape index (κ3) is 2.17. The predicted octanol–water partition coefficient (Wildman–Crippen LogP) is 2.12. The normalized spacial score (nSPS) is 23.2. The third-order valence-electron chi connectivity index (χ3n) is 2.58. The summed E-state index contributed by atoms with van der Waals surface area (Å²) in [6, 6.07) is 6.76. The Morgan fingerprint density at radius 3 is 2.62 bits per heavy atom. The smallest absolute Gasteiger partial charge is 0.221 e. The van der Waals surface area contributed by atoms with Gasteiger partial charge in [0.25, 0.3) is 0 Å². The molecule has 0 bridgehead atoms. The van der Waals surface area contributed by atoms with Crippen molar-refractivity contribution in [3.05, 3.63) is 34.9 Å². The van der Waals surface area contributed by atoms with Crippen molar-refractivity contribution in [2.75, 3.05) is 0 Å². The van der Waals surface area contributed by atoms with Crippen molar-refractivity contribution in [1.29, 1.82) is 0 Å². The van der Waals surface area contributed by atoms with Crippen molar-refractivity contribution >= 4 is 23.2 Å². The minimum absolute atomic E-state index is 0.0349. The molecular weight excluding hydrogens is 228 g/mol. The second kappa shape index (κ2) is 4.53. The van der Waals surface area contributed by atoms with Gasteiger partial charge in [0.2, 0.25) is 5.91 Å². The van der Waals surface area contributed by atoms with Crippen LogP contribution in [-0.4, -0.2) is 16.8 Å². The predicted molar refractivity (Wildman–Crippen MR) is 60.8 cm³/mol. The zero-order valence-electron chi connectivity index (χ0n) is 8.48. The van der Waals surface area contributed by atoms with E-state index in [2.05, 4.69) is 10.5 Å². The van der Waals surface area contributed by atoms with E-state index in [4.69, 9.17) is 16.8 Å². The van der Waals surface area contributed by atoms with Gasteiger partial charge in [-0.05, 0) is 17.7 Å². The summed E-state index contributed by atoms with van der Waals surface area (Å²) in [7, 11) is 0. The van der Waals surface area contributed by atoms with Crippen molar-refractivity contribution in [1.82, 2.24) is 5.32 Å². The fourth-order valence-electron chi connectivity index (χ4n) is 1.74. The molecular formula is C11H11ClN2O2. The van der Waals surface area contributed by atoms with Crippen LogP contribution >= 0.6 is 11.6 Å². The van der Waals surface area contributed by atoms with Crippen LogP contribution in [0, 0.1) is 0 Å². The molecule has 1 saturated heterocycles. The van der Waals surface area contributed by atoms with Crippen LogP contribution in [0.2, 0.25) is 5.02 Å². The van der Waals surface area contributed by atoms with Crippen LogP contribution < -0.4 is 5.32 Å². The van der Waals surface area contributed by atoms with Crippen molar-refractivity contribution in [2.24, 2.45) is 5.16 Å². The Kier molecular flexibility index (Phi) is 3.10. The maximum Gasteiger partial charge on any atom is 0.221 e. The summed E-state index contributed by atoms with van der Waals surface area (Å²) in [6.45, 7) is 0. The molecule has 5 heteroatoms. The SMILES string of the molecule is O=C1CC/C(=N\O)C(c2ccc(Cl)cc2)N1. The number of nitrogens with zero attached hydrogens (tertiary/aromatic N) is 1. The van der Waals surface area contributed by atoms with Crippen molar-refractivity contribution in [2.45, 2.75) is 18.9 Å². The highest BCUT2D eigenvalue weighted by Gasteiger charge is 2.26. The summed E-state index contributed by atoms with van der Waals surface area (Å²) >= 11 is 5.78. The van der Waals surface area contributed by atoms with E-state index in [1.807, 2.05) is 12.1 Å². The average molecular weight is 239 g/mol. The molecule has 4 nitrogen and oxygen atoms in total. The number of benzene rings is 1. The summed E-state index contributed by atoms with van der Waals surface area (Å²) in [5.41, 5.74) is 1.44. The van der Waals surface area contributed by atoms with E-state index in [1.54, 1.807) is 12.1 Å². The fourth-order valence-corrected chi connectivity index (χ4v) is 1.87. The lowest BCUT2D eigenvalue weighted by atomic mass is 9.95. The lowest BCUT2D eigenvalue weighted by Gasteiger charge is -2.24. The highest BCUT2D eigenvalue weighted by molar-refractivity contribution is 6.30. The third-order valence-corrected chi connectivity index (χ3v) is 2.83. The zero-order valence-corrected chi connectivity index (χ0v) is 9.24. The molecule has 84 valence electrons. The molecule has 1 fully saturated rings. The van der Waals surface area contributed by atoms with Crippen LogP contribution in [-0.2, 0) is 4.79 Å². The average Bonchev–Trinajstić information content (AvgIpc) is 2.30. The standard InChI is InChI=1S/C11H11ClN2O2/c12-8-3-1-7(2-4-8)11-9(14-16)5-6-10(15)13-11/h1-4,11,16H,5-6H2,(H,13,15)/b14-9+. The Labute approximate surface area is 97.9 Å². The first-order valence-electron chi connectivity index (χ1n) is 4.96. The number of nitrogens with one attached hydrogen (secondary N) is 1. The summed E-state index contributed by atoms with van der Waals surface area (Å²) < 4.78 is 0. The zero-order chi connectivity index (χ0) is 11.5. The second-order valence-electron chi connectivity index (χ2n) is 3.64. The molecule has 1 amide bonds. The maximum absolute atomic E-state index is 11.3. The molecule has 1 aromatic rings. The maximum atomic E-state index is 11.3. The number of carbonyl (C=O) groups is 1. The van der Waals surface area contributed by atoms with Crippen LogP contribution in [0.3, 0.4) is 0 Å². The summed E-state index contributed by atoms with van der Waals surface area (Å²) in [5, 5.41) is 15.5.